The van der Waals surface area contributed by atoms with E-state index in [-0.39, 0.29) is 6.04 Å². The quantitative estimate of drug-likeness (QED) is 0.865. The lowest BCUT2D eigenvalue weighted by Gasteiger charge is -2.23. The van der Waals surface area contributed by atoms with E-state index in [1.807, 2.05) is 7.05 Å². The van der Waals surface area contributed by atoms with Crippen LogP contribution in [0.4, 0.5) is 0 Å². The van der Waals surface area contributed by atoms with E-state index in [0.717, 1.165) is 15.8 Å². The molecule has 1 N–H and O–H groups in total. The van der Waals surface area contributed by atoms with Crippen LogP contribution in [0.3, 0.4) is 0 Å². The first-order valence-electron chi connectivity index (χ1n) is 7.07. The van der Waals surface area contributed by atoms with Gasteiger partial charge >= 0.3 is 0 Å². The number of benzene rings is 2. The predicted octanol–water partition coefficient (Wildman–Crippen LogP) is 4.69. The summed E-state index contributed by atoms with van der Waals surface area (Å²) in [4.78, 5) is 0. The topological polar surface area (TPSA) is 21.3 Å². The number of nitrogens with one attached hydrogen (secondary N) is 1. The van der Waals surface area contributed by atoms with Crippen LogP contribution in [0.1, 0.15) is 33.9 Å². The second kappa shape index (κ2) is 6.63. The van der Waals surface area contributed by atoms with Crippen molar-refractivity contribution in [2.45, 2.75) is 26.8 Å². The standard InChI is InChI=1S/C18H22BrNO/c1-11-6-9-16(19)15(10-11)17(20-4)14-8-7-12(2)13(3)18(14)21-5/h6-10,17,20H,1-5H3. The summed E-state index contributed by atoms with van der Waals surface area (Å²) < 4.78 is 6.78. The second-order valence-corrected chi connectivity index (χ2v) is 6.23. The highest BCUT2D eigenvalue weighted by Crippen LogP contribution is 2.36. The van der Waals surface area contributed by atoms with Gasteiger partial charge in [0, 0.05) is 10.0 Å². The molecule has 1 unspecified atom stereocenters. The number of hydrogen-bond acceptors (Lipinski definition) is 2. The maximum Gasteiger partial charge on any atom is 0.127 e. The third-order valence-corrected chi connectivity index (χ3v) is 4.70. The Kier molecular flexibility index (Phi) is 5.07. The molecule has 21 heavy (non-hydrogen) atoms. The maximum atomic E-state index is 5.68. The van der Waals surface area contributed by atoms with E-state index in [2.05, 4.69) is 72.3 Å². The third kappa shape index (κ3) is 3.14. The Morgan fingerprint density at radius 3 is 2.38 bits per heavy atom. The first-order valence-corrected chi connectivity index (χ1v) is 7.86. The van der Waals surface area contributed by atoms with Gasteiger partial charge in [0.1, 0.15) is 5.75 Å². The average molecular weight is 348 g/mol. The molecular formula is C18H22BrNO. The van der Waals surface area contributed by atoms with Crippen LogP contribution in [0.2, 0.25) is 0 Å². The monoisotopic (exact) mass is 347 g/mol. The summed E-state index contributed by atoms with van der Waals surface area (Å²) in [5, 5.41) is 3.41. The Labute approximate surface area is 135 Å². The lowest BCUT2D eigenvalue weighted by molar-refractivity contribution is 0.402. The summed E-state index contributed by atoms with van der Waals surface area (Å²) in [6, 6.07) is 10.8. The van der Waals surface area contributed by atoms with Crippen molar-refractivity contribution in [3.8, 4) is 5.75 Å². The van der Waals surface area contributed by atoms with E-state index in [4.69, 9.17) is 4.74 Å². The molecule has 0 radical (unpaired) electrons. The van der Waals surface area contributed by atoms with Crippen LogP contribution >= 0.6 is 15.9 Å². The van der Waals surface area contributed by atoms with Gasteiger partial charge in [-0.3, -0.25) is 0 Å². The Morgan fingerprint density at radius 1 is 1.05 bits per heavy atom. The summed E-state index contributed by atoms with van der Waals surface area (Å²) in [5.41, 5.74) is 6.07. The Morgan fingerprint density at radius 2 is 1.76 bits per heavy atom. The van der Waals surface area contributed by atoms with E-state index < -0.39 is 0 Å². The van der Waals surface area contributed by atoms with Gasteiger partial charge in [0.15, 0.2) is 0 Å². The maximum absolute atomic E-state index is 5.68. The molecule has 0 aliphatic carbocycles. The van der Waals surface area contributed by atoms with E-state index in [1.54, 1.807) is 7.11 Å². The molecule has 0 saturated heterocycles. The molecule has 3 heteroatoms. The molecule has 0 heterocycles. The molecule has 0 aliphatic heterocycles. The van der Waals surface area contributed by atoms with Crippen molar-refractivity contribution in [3.05, 3.63) is 62.6 Å². The fraction of sp³-hybridized carbons (Fsp3) is 0.333. The van der Waals surface area contributed by atoms with Gasteiger partial charge in [-0.15, -0.1) is 0 Å². The third-order valence-electron chi connectivity index (χ3n) is 3.97. The van der Waals surface area contributed by atoms with Crippen molar-refractivity contribution in [2.24, 2.45) is 0 Å². The summed E-state index contributed by atoms with van der Waals surface area (Å²) in [5.74, 6) is 0.961. The zero-order chi connectivity index (χ0) is 15.6. The zero-order valence-electron chi connectivity index (χ0n) is 13.3. The zero-order valence-corrected chi connectivity index (χ0v) is 14.8. The van der Waals surface area contributed by atoms with E-state index in [1.165, 1.54) is 22.3 Å². The fourth-order valence-corrected chi connectivity index (χ4v) is 3.15. The fourth-order valence-electron chi connectivity index (χ4n) is 2.67. The number of methoxy groups -OCH3 is 1. The number of ether oxygens (including phenoxy) is 1. The van der Waals surface area contributed by atoms with Gasteiger partial charge in [-0.05, 0) is 50.6 Å². The van der Waals surface area contributed by atoms with Gasteiger partial charge in [0.25, 0.3) is 0 Å². The Balaban J connectivity index is 2.62. The molecule has 0 amide bonds. The SMILES string of the molecule is CNC(c1cc(C)ccc1Br)c1ccc(C)c(C)c1OC. The first kappa shape index (κ1) is 16.1. The molecular weight excluding hydrogens is 326 g/mol. The number of rotatable bonds is 4. The lowest BCUT2D eigenvalue weighted by Crippen LogP contribution is -2.19. The van der Waals surface area contributed by atoms with Crippen molar-refractivity contribution in [1.82, 2.24) is 5.32 Å². The van der Waals surface area contributed by atoms with Crippen LogP contribution in [0.15, 0.2) is 34.8 Å². The minimum atomic E-state index is 0.0912. The number of hydrogen-bond donors (Lipinski definition) is 1. The molecule has 2 aromatic rings. The van der Waals surface area contributed by atoms with Crippen LogP contribution in [0.5, 0.6) is 5.75 Å². The van der Waals surface area contributed by atoms with Crippen LogP contribution in [0, 0.1) is 20.8 Å². The van der Waals surface area contributed by atoms with Crippen molar-refractivity contribution in [2.75, 3.05) is 14.2 Å². The first-order chi connectivity index (χ1) is 9.99. The Hall–Kier alpha value is -1.32. The predicted molar refractivity (Wildman–Crippen MR) is 92.2 cm³/mol. The molecule has 2 nitrogen and oxygen atoms in total. The van der Waals surface area contributed by atoms with Crippen LogP contribution in [-0.4, -0.2) is 14.2 Å². The minimum Gasteiger partial charge on any atom is -0.496 e. The highest BCUT2D eigenvalue weighted by Gasteiger charge is 2.20. The van der Waals surface area contributed by atoms with E-state index in [0.29, 0.717) is 0 Å². The molecule has 0 aromatic heterocycles. The van der Waals surface area contributed by atoms with Gasteiger partial charge in [-0.25, -0.2) is 0 Å². The van der Waals surface area contributed by atoms with Gasteiger partial charge in [-0.1, -0.05) is 45.8 Å². The largest absolute Gasteiger partial charge is 0.496 e. The summed E-state index contributed by atoms with van der Waals surface area (Å²) in [6.07, 6.45) is 0. The molecule has 2 rings (SSSR count). The highest BCUT2D eigenvalue weighted by molar-refractivity contribution is 9.10. The molecule has 112 valence electrons. The molecule has 0 bridgehead atoms. The molecule has 0 fully saturated rings. The van der Waals surface area contributed by atoms with Crippen LogP contribution in [-0.2, 0) is 0 Å². The summed E-state index contributed by atoms with van der Waals surface area (Å²) >= 11 is 3.67. The number of halogens is 1. The smallest absolute Gasteiger partial charge is 0.127 e. The minimum absolute atomic E-state index is 0.0912. The van der Waals surface area contributed by atoms with Crippen LogP contribution < -0.4 is 10.1 Å². The van der Waals surface area contributed by atoms with Gasteiger partial charge < -0.3 is 10.1 Å². The van der Waals surface area contributed by atoms with Crippen LogP contribution in [0.25, 0.3) is 0 Å². The Bertz CT molecular complexity index is 652. The molecule has 1 atom stereocenters. The van der Waals surface area contributed by atoms with Gasteiger partial charge in [0.2, 0.25) is 0 Å². The van der Waals surface area contributed by atoms with E-state index in [9.17, 15) is 0 Å². The number of aryl methyl sites for hydroxylation is 2. The van der Waals surface area contributed by atoms with Gasteiger partial charge in [-0.2, -0.15) is 0 Å². The van der Waals surface area contributed by atoms with Gasteiger partial charge in [0.05, 0.1) is 13.2 Å². The molecule has 0 saturated carbocycles. The lowest BCUT2D eigenvalue weighted by atomic mass is 9.93. The highest BCUT2D eigenvalue weighted by atomic mass is 79.9. The normalized spacial score (nSPS) is 12.3. The van der Waals surface area contributed by atoms with E-state index >= 15 is 0 Å². The van der Waals surface area contributed by atoms with Crippen molar-refractivity contribution < 1.29 is 4.74 Å². The summed E-state index contributed by atoms with van der Waals surface area (Å²) in [6.45, 7) is 6.33. The summed E-state index contributed by atoms with van der Waals surface area (Å²) in [7, 11) is 3.72. The van der Waals surface area contributed by atoms with Crippen molar-refractivity contribution in [1.29, 1.82) is 0 Å². The molecule has 2 aromatic carbocycles. The second-order valence-electron chi connectivity index (χ2n) is 5.38. The molecule has 0 aliphatic rings. The molecule has 0 spiro atoms. The van der Waals surface area contributed by atoms with Crippen molar-refractivity contribution in [3.63, 3.8) is 0 Å². The van der Waals surface area contributed by atoms with Crippen molar-refractivity contribution >= 4 is 15.9 Å². The average Bonchev–Trinajstić information content (AvgIpc) is 2.47.